The van der Waals surface area contributed by atoms with E-state index < -0.39 is 0 Å². The van der Waals surface area contributed by atoms with E-state index in [1.165, 1.54) is 0 Å². The molecule has 3 aromatic rings. The van der Waals surface area contributed by atoms with Gasteiger partial charge in [-0.3, -0.25) is 0 Å². The predicted octanol–water partition coefficient (Wildman–Crippen LogP) is 1.55. The first-order valence-electron chi connectivity index (χ1n) is 9.13. The van der Waals surface area contributed by atoms with Gasteiger partial charge in [0.2, 0.25) is 0 Å². The average Bonchev–Trinajstić information content (AvgIpc) is 3.28. The van der Waals surface area contributed by atoms with Gasteiger partial charge in [0.1, 0.15) is 11.6 Å². The number of rotatable bonds is 5. The number of ether oxygens (including phenoxy) is 1. The lowest BCUT2D eigenvalue weighted by Crippen LogP contribution is -2.34. The highest BCUT2D eigenvalue weighted by Gasteiger charge is 2.27. The Morgan fingerprint density at radius 3 is 2.56 bits per heavy atom. The van der Waals surface area contributed by atoms with Crippen LogP contribution in [0.2, 0.25) is 0 Å². The van der Waals surface area contributed by atoms with Crippen molar-refractivity contribution in [2.75, 3.05) is 25.1 Å². The van der Waals surface area contributed by atoms with Crippen molar-refractivity contribution in [1.29, 1.82) is 0 Å². The van der Waals surface area contributed by atoms with Gasteiger partial charge in [-0.1, -0.05) is 0 Å². The summed E-state index contributed by atoms with van der Waals surface area (Å²) in [4.78, 5) is 15.2. The molecule has 0 aliphatic carbocycles. The van der Waals surface area contributed by atoms with Crippen molar-refractivity contribution < 1.29 is 4.74 Å². The highest BCUT2D eigenvalue weighted by molar-refractivity contribution is 5.48. The lowest BCUT2D eigenvalue weighted by Gasteiger charge is -2.32. The molecular weight excluding hydrogens is 344 g/mol. The molecule has 1 aliphatic heterocycles. The largest absolute Gasteiger partial charge is 0.478 e. The summed E-state index contributed by atoms with van der Waals surface area (Å²) >= 11 is 0. The zero-order valence-electron chi connectivity index (χ0n) is 15.9. The summed E-state index contributed by atoms with van der Waals surface area (Å²) in [5.74, 6) is 4.75. The van der Waals surface area contributed by atoms with Crippen molar-refractivity contribution in [3.8, 4) is 5.88 Å². The van der Waals surface area contributed by atoms with Gasteiger partial charge in [-0.2, -0.15) is 0 Å². The van der Waals surface area contributed by atoms with Gasteiger partial charge in [-0.15, -0.1) is 10.2 Å². The zero-order chi connectivity index (χ0) is 18.8. The van der Waals surface area contributed by atoms with Crippen LogP contribution in [0.5, 0.6) is 5.88 Å². The molecule has 9 heteroatoms. The lowest BCUT2D eigenvalue weighted by atomic mass is 9.96. The summed E-state index contributed by atoms with van der Waals surface area (Å²) in [6.45, 7) is 4.46. The number of nitrogens with zero attached hydrogens (tertiary/aromatic N) is 8. The number of hydrogen-bond acceptors (Lipinski definition) is 7. The number of imidazole rings is 1. The number of aromatic nitrogens is 7. The third-order valence-electron chi connectivity index (χ3n) is 5.23. The summed E-state index contributed by atoms with van der Waals surface area (Å²) in [6.07, 6.45) is 9.13. The highest BCUT2D eigenvalue weighted by Crippen LogP contribution is 2.31. The lowest BCUT2D eigenvalue weighted by molar-refractivity contribution is 0.391. The summed E-state index contributed by atoms with van der Waals surface area (Å²) in [7, 11) is 3.68. The van der Waals surface area contributed by atoms with Crippen LogP contribution in [0.4, 0.5) is 5.82 Å². The third kappa shape index (κ3) is 3.36. The van der Waals surface area contributed by atoms with Gasteiger partial charge in [0.25, 0.3) is 5.88 Å². The van der Waals surface area contributed by atoms with Crippen molar-refractivity contribution in [2.24, 2.45) is 7.05 Å². The van der Waals surface area contributed by atoms with Gasteiger partial charge >= 0.3 is 0 Å². The fourth-order valence-electron chi connectivity index (χ4n) is 3.62. The molecule has 1 aliphatic rings. The Morgan fingerprint density at radius 1 is 1.07 bits per heavy atom. The van der Waals surface area contributed by atoms with Gasteiger partial charge < -0.3 is 18.8 Å². The van der Waals surface area contributed by atoms with Gasteiger partial charge in [0, 0.05) is 50.8 Å². The van der Waals surface area contributed by atoms with Crippen LogP contribution < -0.4 is 9.64 Å². The van der Waals surface area contributed by atoms with Crippen LogP contribution in [0.15, 0.2) is 24.8 Å². The number of methoxy groups -OCH3 is 1. The standard InChI is InChI=1S/C18H24N8O/c1-13-19-8-11-26(13)12-15-22-23-16(24(15)2)14-4-9-25(10-5-14)17-18(27-3)21-7-6-20-17/h6-8,11,14H,4-5,9-10,12H2,1-3H3. The van der Waals surface area contributed by atoms with Crippen molar-refractivity contribution in [3.63, 3.8) is 0 Å². The molecule has 1 saturated heterocycles. The van der Waals surface area contributed by atoms with Crippen molar-refractivity contribution in [3.05, 3.63) is 42.3 Å². The Hall–Kier alpha value is -2.97. The molecule has 4 heterocycles. The number of aryl methyl sites for hydroxylation is 1. The molecule has 0 saturated carbocycles. The van der Waals surface area contributed by atoms with Gasteiger partial charge in [-0.25, -0.2) is 15.0 Å². The molecule has 0 unspecified atom stereocenters. The van der Waals surface area contributed by atoms with Gasteiger partial charge in [0.05, 0.1) is 13.7 Å². The van der Waals surface area contributed by atoms with Crippen LogP contribution in [0.3, 0.4) is 0 Å². The fourth-order valence-corrected chi connectivity index (χ4v) is 3.62. The van der Waals surface area contributed by atoms with E-state index in [1.54, 1.807) is 19.5 Å². The molecule has 4 rings (SSSR count). The van der Waals surface area contributed by atoms with E-state index in [-0.39, 0.29) is 0 Å². The van der Waals surface area contributed by atoms with Crippen molar-refractivity contribution in [2.45, 2.75) is 32.2 Å². The minimum atomic E-state index is 0.388. The maximum atomic E-state index is 5.34. The Balaban J connectivity index is 1.45. The van der Waals surface area contributed by atoms with Gasteiger partial charge in [-0.05, 0) is 19.8 Å². The molecule has 3 aromatic heterocycles. The zero-order valence-corrected chi connectivity index (χ0v) is 15.9. The maximum absolute atomic E-state index is 5.34. The SMILES string of the molecule is COc1nccnc1N1CCC(c2nnc(Cn3ccnc3C)n2C)CC1. The van der Waals surface area contributed by atoms with E-state index in [0.717, 1.165) is 49.2 Å². The molecule has 0 bridgehead atoms. The van der Waals surface area contributed by atoms with Crippen LogP contribution in [0.25, 0.3) is 0 Å². The molecule has 142 valence electrons. The fraction of sp³-hybridized carbons (Fsp3) is 0.500. The van der Waals surface area contributed by atoms with E-state index in [1.807, 2.05) is 19.3 Å². The van der Waals surface area contributed by atoms with Crippen molar-refractivity contribution in [1.82, 2.24) is 34.3 Å². The van der Waals surface area contributed by atoms with Crippen LogP contribution >= 0.6 is 0 Å². The molecular formula is C18H24N8O. The second kappa shape index (κ2) is 7.34. The van der Waals surface area contributed by atoms with Gasteiger partial charge in [0.15, 0.2) is 11.6 Å². The summed E-state index contributed by atoms with van der Waals surface area (Å²) in [6, 6.07) is 0. The van der Waals surface area contributed by atoms with E-state index in [4.69, 9.17) is 4.74 Å². The summed E-state index contributed by atoms with van der Waals surface area (Å²) in [5.41, 5.74) is 0. The van der Waals surface area contributed by atoms with Crippen LogP contribution in [-0.2, 0) is 13.6 Å². The Labute approximate surface area is 158 Å². The minimum absolute atomic E-state index is 0.388. The van der Waals surface area contributed by atoms with E-state index in [2.05, 4.69) is 46.2 Å². The van der Waals surface area contributed by atoms with E-state index in [9.17, 15) is 0 Å². The second-order valence-electron chi connectivity index (χ2n) is 6.79. The minimum Gasteiger partial charge on any atom is -0.478 e. The molecule has 0 spiro atoms. The van der Waals surface area contributed by atoms with Crippen LogP contribution in [0, 0.1) is 6.92 Å². The molecule has 27 heavy (non-hydrogen) atoms. The Kier molecular flexibility index (Phi) is 4.74. The average molecular weight is 368 g/mol. The smallest absolute Gasteiger partial charge is 0.257 e. The first kappa shape index (κ1) is 17.4. The molecule has 1 fully saturated rings. The second-order valence-corrected chi connectivity index (χ2v) is 6.79. The normalized spacial score (nSPS) is 15.3. The number of anilines is 1. The maximum Gasteiger partial charge on any atom is 0.257 e. The quantitative estimate of drug-likeness (QED) is 0.675. The van der Waals surface area contributed by atoms with Crippen molar-refractivity contribution >= 4 is 5.82 Å². The van der Waals surface area contributed by atoms with Crippen LogP contribution in [-0.4, -0.2) is 54.5 Å². The topological polar surface area (TPSA) is 86.8 Å². The van der Waals surface area contributed by atoms with Crippen LogP contribution in [0.1, 0.15) is 36.2 Å². The molecule has 0 radical (unpaired) electrons. The molecule has 0 N–H and O–H groups in total. The predicted molar refractivity (Wildman–Crippen MR) is 99.8 cm³/mol. The summed E-state index contributed by atoms with van der Waals surface area (Å²) < 4.78 is 9.55. The number of hydrogen-bond donors (Lipinski definition) is 0. The van der Waals surface area contributed by atoms with E-state index in [0.29, 0.717) is 18.3 Å². The van der Waals surface area contributed by atoms with E-state index >= 15 is 0 Å². The highest BCUT2D eigenvalue weighted by atomic mass is 16.5. The molecule has 0 atom stereocenters. The summed E-state index contributed by atoms with van der Waals surface area (Å²) in [5, 5.41) is 8.91. The molecule has 9 nitrogen and oxygen atoms in total. The third-order valence-corrected chi connectivity index (χ3v) is 5.23. The first-order valence-corrected chi connectivity index (χ1v) is 9.13. The Bertz CT molecular complexity index is 910. The Morgan fingerprint density at radius 2 is 1.85 bits per heavy atom. The molecule has 0 amide bonds. The first-order chi connectivity index (χ1) is 13.2. The monoisotopic (exact) mass is 368 g/mol. The molecule has 0 aromatic carbocycles. The number of piperidine rings is 1.